The van der Waals surface area contributed by atoms with Gasteiger partial charge in [0, 0.05) is 29.9 Å². The van der Waals surface area contributed by atoms with Gasteiger partial charge in [-0.25, -0.2) is 13.2 Å². The van der Waals surface area contributed by atoms with Crippen molar-refractivity contribution in [3.8, 4) is 0 Å². The summed E-state index contributed by atoms with van der Waals surface area (Å²) >= 11 is 4.41. The number of hydrogen-bond acceptors (Lipinski definition) is 8. The minimum atomic E-state index is -3.88. The lowest BCUT2D eigenvalue weighted by molar-refractivity contribution is -0.136. The fourth-order valence-electron chi connectivity index (χ4n) is 3.79. The van der Waals surface area contributed by atoms with Crippen molar-refractivity contribution in [3.63, 3.8) is 0 Å². The van der Waals surface area contributed by atoms with E-state index < -0.39 is 27.9 Å². The van der Waals surface area contributed by atoms with Crippen molar-refractivity contribution in [1.29, 1.82) is 0 Å². The molecule has 1 heterocycles. The number of benzene rings is 2. The number of carbonyl (C=O) groups excluding carboxylic acids is 3. The first-order valence-corrected chi connectivity index (χ1v) is 13.2. The molecule has 1 fully saturated rings. The van der Waals surface area contributed by atoms with Gasteiger partial charge in [-0.1, -0.05) is 30.3 Å². The van der Waals surface area contributed by atoms with Crippen LogP contribution in [0.3, 0.4) is 0 Å². The molecular formula is C25H29N3O6S2. The van der Waals surface area contributed by atoms with Crippen LogP contribution in [0.4, 0.5) is 5.69 Å². The van der Waals surface area contributed by atoms with Gasteiger partial charge in [-0.05, 0) is 42.3 Å². The molecule has 0 radical (unpaired) electrons. The average molecular weight is 532 g/mol. The number of Topliss-reactive ketones (excluding diaryl/α,β-unsaturated/α-hetero) is 1. The van der Waals surface area contributed by atoms with E-state index in [1.54, 1.807) is 48.5 Å². The number of ether oxygens (including phenoxy) is 1. The molecule has 2 atom stereocenters. The summed E-state index contributed by atoms with van der Waals surface area (Å²) in [5.74, 6) is -1.18. The van der Waals surface area contributed by atoms with Crippen molar-refractivity contribution in [3.05, 3.63) is 71.1 Å². The summed E-state index contributed by atoms with van der Waals surface area (Å²) in [4.78, 5) is 38.3. The molecule has 2 aromatic rings. The van der Waals surface area contributed by atoms with Crippen molar-refractivity contribution in [2.45, 2.75) is 17.7 Å². The first kappa shape index (κ1) is 27.4. The van der Waals surface area contributed by atoms with Gasteiger partial charge >= 0.3 is 5.97 Å². The lowest BCUT2D eigenvalue weighted by atomic mass is 10.2. The molecule has 1 amide bonds. The molecule has 192 valence electrons. The zero-order chi connectivity index (χ0) is 26.3. The summed E-state index contributed by atoms with van der Waals surface area (Å²) in [6.45, 7) is -0.129. The maximum Gasteiger partial charge on any atom is 0.337 e. The fraction of sp³-hybridized carbons (Fsp3) is 0.320. The average Bonchev–Trinajstić information content (AvgIpc) is 3.28. The summed E-state index contributed by atoms with van der Waals surface area (Å²) in [6.07, 6.45) is 1.74. The van der Waals surface area contributed by atoms with Crippen LogP contribution in [-0.4, -0.2) is 80.4 Å². The molecule has 0 aromatic heterocycles. The molecule has 1 aliphatic heterocycles. The first-order chi connectivity index (χ1) is 17.1. The third kappa shape index (κ3) is 7.19. The molecule has 3 rings (SSSR count). The monoisotopic (exact) mass is 531 g/mol. The highest BCUT2D eigenvalue weighted by molar-refractivity contribution is 7.92. The number of sulfonamides is 1. The highest BCUT2D eigenvalue weighted by Gasteiger charge is 2.42. The Morgan fingerprint density at radius 3 is 2.44 bits per heavy atom. The highest BCUT2D eigenvalue weighted by atomic mass is 32.2. The number of esters is 1. The Morgan fingerprint density at radius 2 is 1.81 bits per heavy atom. The SMILES string of the molecule is COC(=O)c1ccc(NCC(=O)CN(C)C(=O)C2CC(S)CN2S(=O)(=O)/C=C/c2ccccc2)cc1. The molecule has 0 bridgehead atoms. The van der Waals surface area contributed by atoms with E-state index in [9.17, 15) is 22.8 Å². The van der Waals surface area contributed by atoms with Crippen molar-refractivity contribution >= 4 is 52.1 Å². The van der Waals surface area contributed by atoms with E-state index in [1.807, 2.05) is 6.07 Å². The molecule has 1 saturated heterocycles. The second-order valence-corrected chi connectivity index (χ2v) is 10.9. The Bertz CT molecular complexity index is 1220. The normalized spacial score (nSPS) is 18.2. The van der Waals surface area contributed by atoms with E-state index in [2.05, 4.69) is 22.7 Å². The molecule has 36 heavy (non-hydrogen) atoms. The van der Waals surface area contributed by atoms with E-state index in [0.29, 0.717) is 11.3 Å². The Labute approximate surface area is 216 Å². The quantitative estimate of drug-likeness (QED) is 0.357. The third-order valence-electron chi connectivity index (χ3n) is 5.66. The van der Waals surface area contributed by atoms with Crippen LogP contribution in [0.25, 0.3) is 6.08 Å². The summed E-state index contributed by atoms with van der Waals surface area (Å²) in [7, 11) is -1.11. The number of ketones is 1. The van der Waals surface area contributed by atoms with Gasteiger partial charge in [0.25, 0.3) is 0 Å². The van der Waals surface area contributed by atoms with Crippen molar-refractivity contribution in [1.82, 2.24) is 9.21 Å². The van der Waals surface area contributed by atoms with Crippen molar-refractivity contribution < 1.29 is 27.5 Å². The number of methoxy groups -OCH3 is 1. The Balaban J connectivity index is 1.59. The molecule has 2 aromatic carbocycles. The van der Waals surface area contributed by atoms with Crippen LogP contribution in [-0.2, 0) is 24.3 Å². The number of hydrogen-bond donors (Lipinski definition) is 2. The third-order valence-corrected chi connectivity index (χ3v) is 7.57. The highest BCUT2D eigenvalue weighted by Crippen LogP contribution is 2.27. The second kappa shape index (κ2) is 12.2. The Morgan fingerprint density at radius 1 is 1.14 bits per heavy atom. The van der Waals surface area contributed by atoms with Gasteiger partial charge in [0.05, 0.1) is 25.8 Å². The molecule has 2 unspecified atom stereocenters. The molecule has 0 saturated carbocycles. The Hall–Kier alpha value is -3.15. The van der Waals surface area contributed by atoms with Gasteiger partial charge in [0.2, 0.25) is 15.9 Å². The van der Waals surface area contributed by atoms with E-state index in [-0.39, 0.29) is 37.1 Å². The summed E-state index contributed by atoms with van der Waals surface area (Å²) in [6, 6.07) is 14.5. The van der Waals surface area contributed by atoms with Crippen molar-refractivity contribution in [2.75, 3.05) is 39.1 Å². The van der Waals surface area contributed by atoms with E-state index >= 15 is 0 Å². The van der Waals surface area contributed by atoms with Gasteiger partial charge in [0.15, 0.2) is 5.78 Å². The lowest BCUT2D eigenvalue weighted by Gasteiger charge is -2.26. The molecule has 1 aliphatic rings. The Kier molecular flexibility index (Phi) is 9.30. The smallest absolute Gasteiger partial charge is 0.337 e. The number of carbonyl (C=O) groups is 3. The van der Waals surface area contributed by atoms with Gasteiger partial charge in [-0.15, -0.1) is 0 Å². The maximum absolute atomic E-state index is 13.1. The van der Waals surface area contributed by atoms with Crippen LogP contribution in [0, 0.1) is 0 Å². The number of nitrogens with zero attached hydrogens (tertiary/aromatic N) is 2. The topological polar surface area (TPSA) is 113 Å². The van der Waals surface area contributed by atoms with Crippen molar-refractivity contribution in [2.24, 2.45) is 0 Å². The number of nitrogens with one attached hydrogen (secondary N) is 1. The van der Waals surface area contributed by atoms with E-state index in [4.69, 9.17) is 0 Å². The van der Waals surface area contributed by atoms with Gasteiger partial charge < -0.3 is 15.0 Å². The van der Waals surface area contributed by atoms with Crippen LogP contribution in [0.1, 0.15) is 22.3 Å². The van der Waals surface area contributed by atoms with Gasteiger partial charge in [0.1, 0.15) is 6.04 Å². The van der Waals surface area contributed by atoms with Crippen LogP contribution in [0.2, 0.25) is 0 Å². The molecule has 9 nitrogen and oxygen atoms in total. The molecular weight excluding hydrogens is 502 g/mol. The summed E-state index contributed by atoms with van der Waals surface area (Å²) in [5, 5.41) is 3.75. The molecule has 0 aliphatic carbocycles. The number of rotatable bonds is 10. The fourth-order valence-corrected chi connectivity index (χ4v) is 5.68. The van der Waals surface area contributed by atoms with E-state index in [1.165, 1.54) is 25.1 Å². The summed E-state index contributed by atoms with van der Waals surface area (Å²) in [5.41, 5.74) is 1.73. The minimum Gasteiger partial charge on any atom is -0.465 e. The standard InChI is InChI=1S/C25H29N3O6S2/c1-27(16-21(29)15-26-20-10-8-19(9-11-20)25(31)34-2)24(30)23-14-22(35)17-28(23)36(32,33)13-12-18-6-4-3-5-7-18/h3-13,22-23,26,35H,14-17H2,1-2H3/b13-12+. The molecule has 0 spiro atoms. The zero-order valence-corrected chi connectivity index (χ0v) is 21.7. The van der Waals surface area contributed by atoms with Crippen LogP contribution in [0.5, 0.6) is 0 Å². The summed E-state index contributed by atoms with van der Waals surface area (Å²) < 4.78 is 31.8. The maximum atomic E-state index is 13.1. The number of likely N-dealkylation sites (N-methyl/N-ethyl adjacent to an activating group) is 1. The van der Waals surface area contributed by atoms with E-state index in [0.717, 1.165) is 15.3 Å². The van der Waals surface area contributed by atoms with Crippen LogP contribution < -0.4 is 5.32 Å². The second-order valence-electron chi connectivity index (χ2n) is 8.39. The van der Waals surface area contributed by atoms with Gasteiger partial charge in [-0.3, -0.25) is 9.59 Å². The first-order valence-electron chi connectivity index (χ1n) is 11.2. The molecule has 11 heteroatoms. The minimum absolute atomic E-state index is 0.0448. The zero-order valence-electron chi connectivity index (χ0n) is 20.0. The largest absolute Gasteiger partial charge is 0.465 e. The molecule has 1 N–H and O–H groups in total. The van der Waals surface area contributed by atoms with Crippen LogP contribution >= 0.6 is 12.6 Å². The van der Waals surface area contributed by atoms with Crippen LogP contribution in [0.15, 0.2) is 60.0 Å². The number of amides is 1. The van der Waals surface area contributed by atoms with Gasteiger partial charge in [-0.2, -0.15) is 16.9 Å². The predicted molar refractivity (Wildman–Crippen MR) is 141 cm³/mol. The predicted octanol–water partition coefficient (Wildman–Crippen LogP) is 2.29. The number of thiol groups is 1. The lowest BCUT2D eigenvalue weighted by Crippen LogP contribution is -2.47. The number of anilines is 1.